The summed E-state index contributed by atoms with van der Waals surface area (Å²) in [5, 5.41) is 0. The van der Waals surface area contributed by atoms with Gasteiger partial charge in [0, 0.05) is 12.5 Å². The van der Waals surface area contributed by atoms with Gasteiger partial charge < -0.3 is 9.47 Å². The summed E-state index contributed by atoms with van der Waals surface area (Å²) in [4.78, 5) is 49.5. The number of hydrogen-bond donors (Lipinski definition) is 0. The van der Waals surface area contributed by atoms with E-state index in [0.717, 1.165) is 0 Å². The first kappa shape index (κ1) is 18.8. The van der Waals surface area contributed by atoms with Gasteiger partial charge in [0.05, 0.1) is 17.5 Å². The van der Waals surface area contributed by atoms with Crippen LogP contribution in [-0.4, -0.2) is 29.9 Å². The molecule has 1 aliphatic heterocycles. The van der Waals surface area contributed by atoms with Gasteiger partial charge in [-0.15, -0.1) is 0 Å². The van der Waals surface area contributed by atoms with Crippen LogP contribution in [0, 0.1) is 11.8 Å². The Balaban J connectivity index is 1.74. The van der Waals surface area contributed by atoms with Crippen LogP contribution in [0.2, 0.25) is 0 Å². The summed E-state index contributed by atoms with van der Waals surface area (Å²) in [5.74, 6) is -2.01. The van der Waals surface area contributed by atoms with Crippen LogP contribution in [0.25, 0.3) is 0 Å². The van der Waals surface area contributed by atoms with Crippen molar-refractivity contribution in [2.24, 2.45) is 11.8 Å². The van der Waals surface area contributed by atoms with Gasteiger partial charge in [-0.05, 0) is 50.5 Å². The first-order valence-electron chi connectivity index (χ1n) is 8.80. The average molecular weight is 371 g/mol. The van der Waals surface area contributed by atoms with Gasteiger partial charge in [0.1, 0.15) is 11.9 Å². The lowest BCUT2D eigenvalue weighted by atomic mass is 9.79. The molecule has 142 valence electrons. The van der Waals surface area contributed by atoms with Crippen molar-refractivity contribution >= 4 is 29.4 Å². The zero-order valence-electron chi connectivity index (χ0n) is 15.3. The maximum atomic E-state index is 12.8. The molecule has 3 rings (SSSR count). The van der Waals surface area contributed by atoms with E-state index >= 15 is 0 Å². The molecule has 1 aromatic rings. The summed E-state index contributed by atoms with van der Waals surface area (Å²) in [7, 11) is 0. The van der Waals surface area contributed by atoms with E-state index in [9.17, 15) is 19.2 Å². The molecular weight excluding hydrogens is 350 g/mol. The lowest BCUT2D eigenvalue weighted by molar-refractivity contribution is -0.148. The molecule has 1 aliphatic carbocycles. The smallest absolute Gasteiger partial charge is 0.333 e. The monoisotopic (exact) mass is 371 g/mol. The number of esters is 2. The fourth-order valence-corrected chi connectivity index (χ4v) is 3.58. The molecule has 2 amide bonds. The van der Waals surface area contributed by atoms with Crippen molar-refractivity contribution in [3.8, 4) is 5.75 Å². The SMILES string of the molecule is C=C(C)C(=O)OC1CCC2C(=O)N(c3ccc(OC(C)=O)cc3)C(=O)C2C1. The number of amides is 2. The number of rotatable bonds is 4. The highest BCUT2D eigenvalue weighted by molar-refractivity contribution is 6.22. The summed E-state index contributed by atoms with van der Waals surface area (Å²) in [6, 6.07) is 6.22. The quantitative estimate of drug-likeness (QED) is 0.349. The van der Waals surface area contributed by atoms with E-state index in [0.29, 0.717) is 36.3 Å². The summed E-state index contributed by atoms with van der Waals surface area (Å²) >= 11 is 0. The van der Waals surface area contributed by atoms with Gasteiger partial charge in [0.15, 0.2) is 0 Å². The normalized spacial score (nSPS) is 24.4. The summed E-state index contributed by atoms with van der Waals surface area (Å²) in [6.07, 6.45) is 0.971. The van der Waals surface area contributed by atoms with Crippen molar-refractivity contribution in [3.05, 3.63) is 36.4 Å². The van der Waals surface area contributed by atoms with Crippen LogP contribution in [0.5, 0.6) is 5.75 Å². The second-order valence-electron chi connectivity index (χ2n) is 6.93. The van der Waals surface area contributed by atoms with E-state index in [1.54, 1.807) is 19.1 Å². The first-order chi connectivity index (χ1) is 12.8. The molecule has 0 N–H and O–H groups in total. The molecule has 1 saturated carbocycles. The second-order valence-corrected chi connectivity index (χ2v) is 6.93. The Bertz CT molecular complexity index is 812. The molecule has 1 saturated heterocycles. The van der Waals surface area contributed by atoms with Crippen molar-refractivity contribution in [3.63, 3.8) is 0 Å². The minimum absolute atomic E-state index is 0.241. The van der Waals surface area contributed by atoms with Gasteiger partial charge in [-0.3, -0.25) is 19.3 Å². The summed E-state index contributed by atoms with van der Waals surface area (Å²) < 4.78 is 10.3. The molecule has 1 aromatic carbocycles. The Morgan fingerprint density at radius 2 is 1.67 bits per heavy atom. The number of nitrogens with zero attached hydrogens (tertiary/aromatic N) is 1. The zero-order chi connectivity index (χ0) is 19.7. The number of anilines is 1. The Morgan fingerprint density at radius 1 is 1.04 bits per heavy atom. The van der Waals surface area contributed by atoms with Crippen LogP contribution >= 0.6 is 0 Å². The van der Waals surface area contributed by atoms with Crippen molar-refractivity contribution in [2.45, 2.75) is 39.2 Å². The number of benzene rings is 1. The number of carbonyl (C=O) groups excluding carboxylic acids is 4. The van der Waals surface area contributed by atoms with E-state index in [1.807, 2.05) is 0 Å². The molecule has 0 spiro atoms. The maximum absolute atomic E-state index is 12.8. The van der Waals surface area contributed by atoms with E-state index in [4.69, 9.17) is 9.47 Å². The van der Waals surface area contributed by atoms with Gasteiger partial charge in [-0.2, -0.15) is 0 Å². The molecular formula is C20H21NO6. The zero-order valence-corrected chi connectivity index (χ0v) is 15.3. The molecule has 7 heteroatoms. The molecule has 1 heterocycles. The Hall–Kier alpha value is -2.96. The maximum Gasteiger partial charge on any atom is 0.333 e. The van der Waals surface area contributed by atoms with Crippen LogP contribution in [0.1, 0.15) is 33.1 Å². The highest BCUT2D eigenvalue weighted by Crippen LogP contribution is 2.41. The number of hydrogen-bond acceptors (Lipinski definition) is 6. The first-order valence-corrected chi connectivity index (χ1v) is 8.80. The lowest BCUT2D eigenvalue weighted by Gasteiger charge is -2.28. The topological polar surface area (TPSA) is 90.0 Å². The third-order valence-electron chi connectivity index (χ3n) is 4.86. The van der Waals surface area contributed by atoms with Gasteiger partial charge in [-0.25, -0.2) is 4.79 Å². The third kappa shape index (κ3) is 3.77. The molecule has 0 bridgehead atoms. The molecule has 0 radical (unpaired) electrons. The average Bonchev–Trinajstić information content (AvgIpc) is 2.86. The van der Waals surface area contributed by atoms with E-state index in [-0.39, 0.29) is 11.8 Å². The molecule has 0 aromatic heterocycles. The van der Waals surface area contributed by atoms with E-state index in [1.165, 1.54) is 24.0 Å². The Kier molecular flexibility index (Phi) is 5.12. The Labute approximate surface area is 156 Å². The molecule has 2 fully saturated rings. The predicted molar refractivity (Wildman–Crippen MR) is 95.8 cm³/mol. The number of carbonyl (C=O) groups is 4. The van der Waals surface area contributed by atoms with E-state index < -0.39 is 29.9 Å². The molecule has 3 atom stereocenters. The van der Waals surface area contributed by atoms with Crippen LogP contribution < -0.4 is 9.64 Å². The third-order valence-corrected chi connectivity index (χ3v) is 4.86. The van der Waals surface area contributed by atoms with Crippen LogP contribution in [-0.2, 0) is 23.9 Å². The van der Waals surface area contributed by atoms with E-state index in [2.05, 4.69) is 6.58 Å². The highest BCUT2D eigenvalue weighted by atomic mass is 16.5. The molecule has 27 heavy (non-hydrogen) atoms. The molecule has 3 unspecified atom stereocenters. The summed E-state index contributed by atoms with van der Waals surface area (Å²) in [5.41, 5.74) is 0.742. The second kappa shape index (κ2) is 7.34. The van der Waals surface area contributed by atoms with Crippen molar-refractivity contribution in [1.29, 1.82) is 0 Å². The standard InChI is InChI=1S/C20H21NO6/c1-11(2)20(25)27-15-8-9-16-17(10-15)19(24)21(18(16)23)13-4-6-14(7-5-13)26-12(3)22/h4-7,15-17H,1,8-10H2,2-3H3. The van der Waals surface area contributed by atoms with Crippen molar-refractivity contribution in [1.82, 2.24) is 0 Å². The van der Waals surface area contributed by atoms with Gasteiger partial charge in [0.2, 0.25) is 11.8 Å². The fourth-order valence-electron chi connectivity index (χ4n) is 3.58. The molecule has 7 nitrogen and oxygen atoms in total. The number of ether oxygens (including phenoxy) is 2. The van der Waals surface area contributed by atoms with Gasteiger partial charge in [-0.1, -0.05) is 6.58 Å². The lowest BCUT2D eigenvalue weighted by Crippen LogP contribution is -2.33. The molecule has 2 aliphatic rings. The highest BCUT2D eigenvalue weighted by Gasteiger charge is 2.51. The largest absolute Gasteiger partial charge is 0.459 e. The van der Waals surface area contributed by atoms with Crippen LogP contribution in [0.4, 0.5) is 5.69 Å². The summed E-state index contributed by atoms with van der Waals surface area (Å²) in [6.45, 7) is 6.42. The minimum atomic E-state index is -0.498. The van der Waals surface area contributed by atoms with Crippen molar-refractivity contribution in [2.75, 3.05) is 4.90 Å². The van der Waals surface area contributed by atoms with Gasteiger partial charge in [0.25, 0.3) is 0 Å². The minimum Gasteiger partial charge on any atom is -0.459 e. The predicted octanol–water partition coefficient (Wildman–Crippen LogP) is 2.39. The Morgan fingerprint density at radius 3 is 2.26 bits per heavy atom. The number of imide groups is 1. The fraction of sp³-hybridized carbons (Fsp3) is 0.400. The van der Waals surface area contributed by atoms with Crippen molar-refractivity contribution < 1.29 is 28.7 Å². The van der Waals surface area contributed by atoms with Crippen LogP contribution in [0.15, 0.2) is 36.4 Å². The van der Waals surface area contributed by atoms with Gasteiger partial charge >= 0.3 is 11.9 Å². The van der Waals surface area contributed by atoms with Crippen LogP contribution in [0.3, 0.4) is 0 Å². The number of fused-ring (bicyclic) bond motifs is 1.